The Labute approximate surface area is 129 Å². The van der Waals surface area contributed by atoms with Crippen molar-refractivity contribution in [2.24, 2.45) is 5.73 Å². The maximum atomic E-state index is 5.91. The molecule has 2 unspecified atom stereocenters. The first kappa shape index (κ1) is 12.9. The van der Waals surface area contributed by atoms with Crippen molar-refractivity contribution in [3.8, 4) is 0 Å². The van der Waals surface area contributed by atoms with Gasteiger partial charge in [0, 0.05) is 21.8 Å². The van der Waals surface area contributed by atoms with Gasteiger partial charge in [0.25, 0.3) is 0 Å². The molecule has 0 bridgehead atoms. The molecule has 0 radical (unpaired) electrons. The molecule has 1 aliphatic carbocycles. The van der Waals surface area contributed by atoms with Crippen molar-refractivity contribution in [3.05, 3.63) is 72.3 Å². The average Bonchev–Trinajstić information content (AvgIpc) is 3.25. The first-order valence-corrected chi connectivity index (χ1v) is 8.13. The summed E-state index contributed by atoms with van der Waals surface area (Å²) in [7, 11) is 0. The summed E-state index contributed by atoms with van der Waals surface area (Å²) in [6.45, 7) is 0. The molecule has 2 N–H and O–H groups in total. The minimum atomic E-state index is 0.379. The van der Waals surface area contributed by atoms with Gasteiger partial charge in [0.05, 0.1) is 0 Å². The Balaban J connectivity index is 1.56. The van der Waals surface area contributed by atoms with Crippen LogP contribution in [0.4, 0.5) is 0 Å². The summed E-state index contributed by atoms with van der Waals surface area (Å²) in [5, 5.41) is 2.59. The molecule has 21 heavy (non-hydrogen) atoms. The van der Waals surface area contributed by atoms with Gasteiger partial charge in [-0.25, -0.2) is 0 Å². The van der Waals surface area contributed by atoms with E-state index in [0.717, 1.165) is 6.42 Å². The molecule has 0 spiro atoms. The van der Waals surface area contributed by atoms with Crippen molar-refractivity contribution in [2.75, 3.05) is 0 Å². The molecule has 1 saturated carbocycles. The summed E-state index contributed by atoms with van der Waals surface area (Å²) >= 11 is 1.81. The van der Waals surface area contributed by atoms with Crippen molar-refractivity contribution < 1.29 is 0 Å². The third kappa shape index (κ3) is 2.69. The highest BCUT2D eigenvalue weighted by atomic mass is 32.2. The summed E-state index contributed by atoms with van der Waals surface area (Å²) in [5.74, 6) is 0.588. The van der Waals surface area contributed by atoms with Crippen LogP contribution in [0.5, 0.6) is 0 Å². The highest BCUT2D eigenvalue weighted by Crippen LogP contribution is 2.40. The lowest BCUT2D eigenvalue weighted by Gasteiger charge is -2.05. The Morgan fingerprint density at radius 2 is 1.48 bits per heavy atom. The molecule has 4 rings (SSSR count). The van der Waals surface area contributed by atoms with Crippen LogP contribution in [0, 0.1) is 0 Å². The lowest BCUT2D eigenvalue weighted by molar-refractivity contribution is 0.988. The van der Waals surface area contributed by atoms with Crippen molar-refractivity contribution in [3.63, 3.8) is 0 Å². The van der Waals surface area contributed by atoms with E-state index in [0.29, 0.717) is 12.0 Å². The van der Waals surface area contributed by atoms with Crippen molar-refractivity contribution in [2.45, 2.75) is 28.2 Å². The van der Waals surface area contributed by atoms with E-state index in [2.05, 4.69) is 66.7 Å². The molecule has 1 fully saturated rings. The molecule has 2 heteroatoms. The largest absolute Gasteiger partial charge is 0.327 e. The van der Waals surface area contributed by atoms with Crippen LogP contribution in [0.15, 0.2) is 76.5 Å². The molecular weight excluding hydrogens is 274 g/mol. The van der Waals surface area contributed by atoms with Crippen molar-refractivity contribution in [1.82, 2.24) is 0 Å². The number of hydrogen-bond donors (Lipinski definition) is 1. The average molecular weight is 291 g/mol. The van der Waals surface area contributed by atoms with Crippen LogP contribution in [0.2, 0.25) is 0 Å². The summed E-state index contributed by atoms with van der Waals surface area (Å²) in [6, 6.07) is 24.4. The molecule has 1 nitrogen and oxygen atoms in total. The molecule has 1 aliphatic rings. The maximum absolute atomic E-state index is 5.91. The van der Waals surface area contributed by atoms with Crippen LogP contribution in [-0.4, -0.2) is 6.04 Å². The van der Waals surface area contributed by atoms with E-state index in [4.69, 9.17) is 5.73 Å². The molecule has 3 aromatic rings. The van der Waals surface area contributed by atoms with Gasteiger partial charge in [0.2, 0.25) is 0 Å². The highest BCUT2D eigenvalue weighted by Gasteiger charge is 2.34. The second-order valence-corrected chi connectivity index (χ2v) is 6.83. The maximum Gasteiger partial charge on any atom is 0.0128 e. The second-order valence-electron chi connectivity index (χ2n) is 5.69. The topological polar surface area (TPSA) is 26.0 Å². The zero-order valence-corrected chi connectivity index (χ0v) is 12.5. The number of fused-ring (bicyclic) bond motifs is 1. The summed E-state index contributed by atoms with van der Waals surface area (Å²) in [5.41, 5.74) is 7.29. The van der Waals surface area contributed by atoms with Gasteiger partial charge in [-0.05, 0) is 47.0 Å². The van der Waals surface area contributed by atoms with E-state index in [1.165, 1.54) is 26.1 Å². The van der Waals surface area contributed by atoms with Crippen molar-refractivity contribution >= 4 is 22.5 Å². The lowest BCUT2D eigenvalue weighted by atomic mass is 10.1. The van der Waals surface area contributed by atoms with E-state index in [-0.39, 0.29) is 0 Å². The van der Waals surface area contributed by atoms with Crippen LogP contribution >= 0.6 is 11.8 Å². The number of benzene rings is 3. The molecule has 104 valence electrons. The Morgan fingerprint density at radius 1 is 0.810 bits per heavy atom. The Hall–Kier alpha value is -1.77. The number of nitrogens with two attached hydrogens (primary N) is 1. The minimum Gasteiger partial charge on any atom is -0.327 e. The van der Waals surface area contributed by atoms with E-state index in [1.54, 1.807) is 0 Å². The molecule has 0 aromatic heterocycles. The normalized spacial score (nSPS) is 20.6. The van der Waals surface area contributed by atoms with Gasteiger partial charge in [-0.2, -0.15) is 0 Å². The van der Waals surface area contributed by atoms with E-state index >= 15 is 0 Å². The van der Waals surface area contributed by atoms with Crippen LogP contribution in [0.3, 0.4) is 0 Å². The van der Waals surface area contributed by atoms with E-state index in [9.17, 15) is 0 Å². The molecule has 0 aliphatic heterocycles. The fraction of sp³-hybridized carbons (Fsp3) is 0.158. The molecule has 0 amide bonds. The lowest BCUT2D eigenvalue weighted by Crippen LogP contribution is -2.00. The predicted octanol–water partition coefficient (Wildman–Crippen LogP) is 4.81. The number of hydrogen-bond acceptors (Lipinski definition) is 2. The van der Waals surface area contributed by atoms with Gasteiger partial charge in [-0.15, -0.1) is 0 Å². The highest BCUT2D eigenvalue weighted by molar-refractivity contribution is 7.99. The van der Waals surface area contributed by atoms with Crippen LogP contribution in [0.1, 0.15) is 17.9 Å². The van der Waals surface area contributed by atoms with Crippen molar-refractivity contribution in [1.29, 1.82) is 0 Å². The van der Waals surface area contributed by atoms with Crippen LogP contribution < -0.4 is 5.73 Å². The van der Waals surface area contributed by atoms with E-state index in [1.807, 2.05) is 11.8 Å². The van der Waals surface area contributed by atoms with E-state index < -0.39 is 0 Å². The standard InChI is InChI=1S/C19H17NS/c20-19-12-18(19)14-6-8-16(9-7-14)21-17-10-5-13-3-1-2-4-15(13)11-17/h1-11,18-19H,12,20H2. The first-order chi connectivity index (χ1) is 10.3. The smallest absolute Gasteiger partial charge is 0.0128 e. The van der Waals surface area contributed by atoms with Gasteiger partial charge < -0.3 is 5.73 Å². The summed E-state index contributed by atoms with van der Waals surface area (Å²) in [4.78, 5) is 2.56. The zero-order chi connectivity index (χ0) is 14.2. The van der Waals surface area contributed by atoms with Gasteiger partial charge >= 0.3 is 0 Å². The fourth-order valence-corrected chi connectivity index (χ4v) is 3.61. The van der Waals surface area contributed by atoms with Gasteiger partial charge in [-0.3, -0.25) is 0 Å². The first-order valence-electron chi connectivity index (χ1n) is 7.32. The van der Waals surface area contributed by atoms with Crippen LogP contribution in [-0.2, 0) is 0 Å². The predicted molar refractivity (Wildman–Crippen MR) is 89.8 cm³/mol. The Bertz CT molecular complexity index is 779. The van der Waals surface area contributed by atoms with Gasteiger partial charge in [0.15, 0.2) is 0 Å². The fourth-order valence-electron chi connectivity index (χ4n) is 2.75. The number of rotatable bonds is 3. The minimum absolute atomic E-state index is 0.379. The third-order valence-electron chi connectivity index (χ3n) is 4.10. The SMILES string of the molecule is NC1CC1c1ccc(Sc2ccc3ccccc3c2)cc1. The molecule has 0 heterocycles. The van der Waals surface area contributed by atoms with Gasteiger partial charge in [0.1, 0.15) is 0 Å². The monoisotopic (exact) mass is 291 g/mol. The Morgan fingerprint density at radius 3 is 2.19 bits per heavy atom. The van der Waals surface area contributed by atoms with Crippen LogP contribution in [0.25, 0.3) is 10.8 Å². The third-order valence-corrected chi connectivity index (χ3v) is 5.10. The molecule has 3 aromatic carbocycles. The summed E-state index contributed by atoms with van der Waals surface area (Å²) in [6.07, 6.45) is 1.14. The summed E-state index contributed by atoms with van der Waals surface area (Å²) < 4.78 is 0. The van der Waals surface area contributed by atoms with Gasteiger partial charge in [-0.1, -0.05) is 54.2 Å². The quantitative estimate of drug-likeness (QED) is 0.749. The zero-order valence-electron chi connectivity index (χ0n) is 11.7. The molecule has 0 saturated heterocycles. The Kier molecular flexibility index (Phi) is 3.21. The molecular formula is C19H17NS. The second kappa shape index (κ2) is 5.21. The molecule has 2 atom stereocenters.